The Morgan fingerprint density at radius 1 is 1.13 bits per heavy atom. The molecule has 2 unspecified atom stereocenters. The van der Waals surface area contributed by atoms with Gasteiger partial charge in [0.2, 0.25) is 5.91 Å². The van der Waals surface area contributed by atoms with Crippen molar-refractivity contribution in [3.63, 3.8) is 0 Å². The second kappa shape index (κ2) is 9.08. The summed E-state index contributed by atoms with van der Waals surface area (Å²) in [5.74, 6) is 0.408. The van der Waals surface area contributed by atoms with Crippen LogP contribution in [0.25, 0.3) is 5.69 Å². The molecule has 2 saturated heterocycles. The molecule has 0 aliphatic carbocycles. The summed E-state index contributed by atoms with van der Waals surface area (Å²) >= 11 is 6.69. The molecule has 2 aromatic rings. The summed E-state index contributed by atoms with van der Waals surface area (Å²) in [7, 11) is 0. The van der Waals surface area contributed by atoms with Gasteiger partial charge in [-0.2, -0.15) is 5.10 Å². The Bertz CT molecular complexity index is 867. The van der Waals surface area contributed by atoms with Crippen molar-refractivity contribution in [1.29, 1.82) is 0 Å². The van der Waals surface area contributed by atoms with Crippen LogP contribution >= 0.6 is 11.6 Å². The summed E-state index contributed by atoms with van der Waals surface area (Å²) in [5, 5.41) is 5.32. The van der Waals surface area contributed by atoms with Crippen LogP contribution < -0.4 is 0 Å². The number of amides is 1. The molecule has 6 nitrogen and oxygen atoms in total. The van der Waals surface area contributed by atoms with Crippen LogP contribution in [0.1, 0.15) is 37.9 Å². The maximum absolute atomic E-state index is 13.0. The van der Waals surface area contributed by atoms with E-state index in [1.54, 1.807) is 0 Å². The zero-order valence-electron chi connectivity index (χ0n) is 18.1. The van der Waals surface area contributed by atoms with Crippen LogP contribution in [0.5, 0.6) is 0 Å². The Hall–Kier alpha value is -1.89. The number of carbonyl (C=O) groups is 1. The third-order valence-corrected chi connectivity index (χ3v) is 6.56. The molecule has 4 rings (SSSR count). The first-order valence-corrected chi connectivity index (χ1v) is 11.3. The molecule has 3 heterocycles. The number of para-hydroxylation sites is 1. The Morgan fingerprint density at radius 3 is 2.40 bits per heavy atom. The van der Waals surface area contributed by atoms with Crippen molar-refractivity contribution in [1.82, 2.24) is 19.6 Å². The summed E-state index contributed by atoms with van der Waals surface area (Å²) < 4.78 is 7.58. The molecule has 2 aliphatic heterocycles. The number of hydrogen-bond acceptors (Lipinski definition) is 4. The Kier molecular flexibility index (Phi) is 6.46. The van der Waals surface area contributed by atoms with Crippen molar-refractivity contribution in [2.24, 2.45) is 5.92 Å². The van der Waals surface area contributed by atoms with Crippen molar-refractivity contribution in [3.05, 3.63) is 46.7 Å². The number of aryl methyl sites for hydroxylation is 1. The van der Waals surface area contributed by atoms with E-state index in [0.29, 0.717) is 24.1 Å². The third-order valence-electron chi connectivity index (χ3n) is 6.17. The molecule has 1 amide bonds. The van der Waals surface area contributed by atoms with Crippen molar-refractivity contribution in [3.8, 4) is 5.69 Å². The van der Waals surface area contributed by atoms with E-state index in [1.165, 1.54) is 0 Å². The lowest BCUT2D eigenvalue weighted by Gasteiger charge is -2.39. The van der Waals surface area contributed by atoms with Gasteiger partial charge in [0.1, 0.15) is 5.15 Å². The molecule has 0 saturated carbocycles. The van der Waals surface area contributed by atoms with Gasteiger partial charge in [-0.3, -0.25) is 9.69 Å². The number of morpholine rings is 1. The minimum absolute atomic E-state index is 0.113. The van der Waals surface area contributed by atoms with Crippen LogP contribution in [0.4, 0.5) is 0 Å². The monoisotopic (exact) mass is 430 g/mol. The molecular formula is C23H31ClN4O2. The molecule has 162 valence electrons. The number of hydrogen-bond donors (Lipinski definition) is 0. The summed E-state index contributed by atoms with van der Waals surface area (Å²) in [6.45, 7) is 10.1. The molecule has 2 atom stereocenters. The predicted octanol–water partition coefficient (Wildman–Crippen LogP) is 3.68. The van der Waals surface area contributed by atoms with E-state index < -0.39 is 0 Å². The van der Waals surface area contributed by atoms with Gasteiger partial charge in [-0.1, -0.05) is 29.8 Å². The van der Waals surface area contributed by atoms with Gasteiger partial charge in [0.05, 0.1) is 23.6 Å². The zero-order valence-corrected chi connectivity index (χ0v) is 18.8. The van der Waals surface area contributed by atoms with Gasteiger partial charge in [-0.05, 0) is 58.8 Å². The van der Waals surface area contributed by atoms with Gasteiger partial charge in [0, 0.05) is 31.1 Å². The second-order valence-corrected chi connectivity index (χ2v) is 9.01. The number of aromatic nitrogens is 2. The molecule has 1 aromatic carbocycles. The fourth-order valence-corrected chi connectivity index (χ4v) is 4.96. The summed E-state index contributed by atoms with van der Waals surface area (Å²) in [6, 6.07) is 9.97. The number of likely N-dealkylation sites (tertiary alicyclic amines) is 1. The number of benzene rings is 1. The largest absolute Gasteiger partial charge is 0.372 e. The predicted molar refractivity (Wildman–Crippen MR) is 118 cm³/mol. The van der Waals surface area contributed by atoms with Gasteiger partial charge >= 0.3 is 0 Å². The van der Waals surface area contributed by atoms with Crippen LogP contribution in [0.15, 0.2) is 30.3 Å². The molecule has 2 fully saturated rings. The van der Waals surface area contributed by atoms with Gasteiger partial charge in [0.15, 0.2) is 0 Å². The van der Waals surface area contributed by atoms with E-state index >= 15 is 0 Å². The highest BCUT2D eigenvalue weighted by atomic mass is 35.5. The van der Waals surface area contributed by atoms with E-state index in [9.17, 15) is 4.79 Å². The van der Waals surface area contributed by atoms with Gasteiger partial charge in [-0.15, -0.1) is 0 Å². The maximum atomic E-state index is 13.0. The number of rotatable bonds is 4. The number of piperidine rings is 1. The maximum Gasteiger partial charge on any atom is 0.225 e. The van der Waals surface area contributed by atoms with Crippen molar-refractivity contribution >= 4 is 17.5 Å². The molecular weight excluding hydrogens is 400 g/mol. The highest BCUT2D eigenvalue weighted by Crippen LogP contribution is 2.28. The summed E-state index contributed by atoms with van der Waals surface area (Å²) in [6.07, 6.45) is 2.01. The van der Waals surface area contributed by atoms with Crippen molar-refractivity contribution in [2.45, 2.75) is 52.4 Å². The first kappa shape index (κ1) is 21.3. The molecule has 0 bridgehead atoms. The molecule has 2 aliphatic rings. The molecule has 0 spiro atoms. The normalized spacial score (nSPS) is 23.7. The molecule has 0 N–H and O–H groups in total. The topological polar surface area (TPSA) is 50.6 Å². The third kappa shape index (κ3) is 4.56. The van der Waals surface area contributed by atoms with E-state index in [0.717, 1.165) is 49.4 Å². The molecule has 7 heteroatoms. The first-order valence-electron chi connectivity index (χ1n) is 10.9. The second-order valence-electron chi connectivity index (χ2n) is 8.65. The van der Waals surface area contributed by atoms with Gasteiger partial charge in [-0.25, -0.2) is 4.68 Å². The van der Waals surface area contributed by atoms with Crippen LogP contribution in [0.2, 0.25) is 5.15 Å². The average molecular weight is 431 g/mol. The van der Waals surface area contributed by atoms with Crippen LogP contribution in [-0.4, -0.2) is 63.9 Å². The zero-order chi connectivity index (χ0) is 21.3. The number of halogens is 1. The van der Waals surface area contributed by atoms with Crippen LogP contribution in [-0.2, 0) is 16.1 Å². The SMILES string of the molecule is Cc1nn(-c2ccccc2)c(Cl)c1CN1CCC(C(=O)N2CC(C)OC(C)C2)CC1. The lowest BCUT2D eigenvalue weighted by molar-refractivity contribution is -0.148. The molecule has 1 aromatic heterocycles. The summed E-state index contributed by atoms with van der Waals surface area (Å²) in [5.41, 5.74) is 2.99. The highest BCUT2D eigenvalue weighted by Gasteiger charge is 2.33. The van der Waals surface area contributed by atoms with Crippen LogP contribution in [0.3, 0.4) is 0 Å². The lowest BCUT2D eigenvalue weighted by Crippen LogP contribution is -2.51. The molecule has 0 radical (unpaired) electrons. The minimum Gasteiger partial charge on any atom is -0.372 e. The summed E-state index contributed by atoms with van der Waals surface area (Å²) in [4.78, 5) is 17.4. The van der Waals surface area contributed by atoms with Crippen LogP contribution in [0, 0.1) is 12.8 Å². The Labute approximate surface area is 183 Å². The quantitative estimate of drug-likeness (QED) is 0.742. The van der Waals surface area contributed by atoms with E-state index in [-0.39, 0.29) is 18.1 Å². The van der Waals surface area contributed by atoms with E-state index in [4.69, 9.17) is 16.3 Å². The first-order chi connectivity index (χ1) is 14.4. The fraction of sp³-hybridized carbons (Fsp3) is 0.565. The minimum atomic E-state index is 0.113. The smallest absolute Gasteiger partial charge is 0.225 e. The van der Waals surface area contributed by atoms with E-state index in [2.05, 4.69) is 10.00 Å². The van der Waals surface area contributed by atoms with Gasteiger partial charge in [0.25, 0.3) is 0 Å². The lowest BCUT2D eigenvalue weighted by atomic mass is 9.94. The van der Waals surface area contributed by atoms with Crippen molar-refractivity contribution < 1.29 is 9.53 Å². The highest BCUT2D eigenvalue weighted by molar-refractivity contribution is 6.30. The number of nitrogens with zero attached hydrogens (tertiary/aromatic N) is 4. The Morgan fingerprint density at radius 2 is 1.77 bits per heavy atom. The van der Waals surface area contributed by atoms with E-state index in [1.807, 2.05) is 60.7 Å². The van der Waals surface area contributed by atoms with Crippen molar-refractivity contribution in [2.75, 3.05) is 26.2 Å². The number of ether oxygens (including phenoxy) is 1. The standard InChI is InChI=1S/C23H31ClN4O2/c1-16-13-27(14-17(2)30-16)23(29)19-9-11-26(12-10-19)15-21-18(3)25-28(22(21)24)20-7-5-4-6-8-20/h4-8,16-17,19H,9-15H2,1-3H3. The fourth-order valence-electron chi connectivity index (χ4n) is 4.63. The average Bonchev–Trinajstić information content (AvgIpc) is 3.02. The molecule has 30 heavy (non-hydrogen) atoms. The number of carbonyl (C=O) groups excluding carboxylic acids is 1. The Balaban J connectivity index is 1.36. The van der Waals surface area contributed by atoms with Gasteiger partial charge < -0.3 is 9.64 Å².